The quantitative estimate of drug-likeness (QED) is 0.0495. The summed E-state index contributed by atoms with van der Waals surface area (Å²) >= 11 is 0. The minimum Gasteiger partial charge on any atom is -0.493 e. The van der Waals surface area contributed by atoms with Gasteiger partial charge in [0.05, 0.1) is 40.6 Å². The van der Waals surface area contributed by atoms with Crippen LogP contribution in [0, 0.1) is 13.8 Å². The molecule has 0 aliphatic rings. The van der Waals surface area contributed by atoms with Gasteiger partial charge in [-0.1, -0.05) is 71.8 Å². The van der Waals surface area contributed by atoms with Gasteiger partial charge in [0, 0.05) is 21.9 Å². The Morgan fingerprint density at radius 1 is 0.589 bits per heavy atom. The van der Waals surface area contributed by atoms with Gasteiger partial charge in [-0.25, -0.2) is 9.59 Å². The van der Waals surface area contributed by atoms with Crippen LogP contribution in [0.5, 0.6) is 11.5 Å². The first-order valence-corrected chi connectivity index (χ1v) is 18.9. The molecular weight excluding hydrogens is 712 g/mol. The number of carbonyl (C=O) groups excluding carboxylic acids is 2. The van der Waals surface area contributed by atoms with Gasteiger partial charge in [-0.15, -0.1) is 0 Å². The van der Waals surface area contributed by atoms with E-state index in [1.165, 1.54) is 14.2 Å². The van der Waals surface area contributed by atoms with E-state index in [0.29, 0.717) is 80.1 Å². The largest absolute Gasteiger partial charge is 0.493 e. The summed E-state index contributed by atoms with van der Waals surface area (Å²) in [4.78, 5) is 27.0. The van der Waals surface area contributed by atoms with Crippen LogP contribution in [-0.4, -0.2) is 49.6 Å². The monoisotopic (exact) mass is 760 g/mol. The number of hydrogen-bond acceptors (Lipinski definition) is 10. The smallest absolute Gasteiger partial charge is 0.342 e. The number of ether oxygens (including phenoxy) is 4. The molecule has 0 amide bonds. The molecule has 0 spiro atoms. The van der Waals surface area contributed by atoms with E-state index >= 15 is 0 Å². The second kappa shape index (κ2) is 18.7. The summed E-state index contributed by atoms with van der Waals surface area (Å²) in [6.07, 6.45) is 8.96. The van der Waals surface area contributed by atoms with E-state index in [1.54, 1.807) is 24.3 Å². The zero-order valence-corrected chi connectivity index (χ0v) is 32.3. The molecule has 4 aromatic carbocycles. The van der Waals surface area contributed by atoms with Crippen molar-refractivity contribution in [2.45, 2.75) is 65.6 Å². The molecule has 2 aromatic heterocycles. The van der Waals surface area contributed by atoms with Crippen LogP contribution in [0.25, 0.3) is 44.6 Å². The van der Waals surface area contributed by atoms with E-state index < -0.39 is 11.9 Å². The van der Waals surface area contributed by atoms with Crippen molar-refractivity contribution in [2.24, 2.45) is 0 Å². The molecule has 0 saturated heterocycles. The Balaban J connectivity index is 0.976. The minimum atomic E-state index is -0.491. The van der Waals surface area contributed by atoms with Gasteiger partial charge < -0.3 is 38.0 Å². The van der Waals surface area contributed by atoms with Crippen LogP contribution in [0.3, 0.4) is 0 Å². The molecule has 0 atom stereocenters. The number of esters is 2. The number of rotatable bonds is 18. The fourth-order valence-electron chi connectivity index (χ4n) is 6.60. The molecule has 56 heavy (non-hydrogen) atoms. The van der Waals surface area contributed by atoms with E-state index in [2.05, 4.69) is 12.2 Å². The highest BCUT2D eigenvalue weighted by atomic mass is 16.5. The molecule has 10 nitrogen and oxygen atoms in total. The minimum absolute atomic E-state index is 0.212. The van der Waals surface area contributed by atoms with E-state index in [-0.39, 0.29) is 26.4 Å². The van der Waals surface area contributed by atoms with E-state index in [9.17, 15) is 19.8 Å². The third-order valence-electron chi connectivity index (χ3n) is 9.63. The van der Waals surface area contributed by atoms with Gasteiger partial charge in [0.1, 0.15) is 22.6 Å². The fourth-order valence-corrected chi connectivity index (χ4v) is 6.60. The number of unbranched alkanes of at least 4 members (excludes halogenated alkanes) is 4. The maximum Gasteiger partial charge on any atom is 0.342 e. The molecule has 0 saturated carbocycles. The van der Waals surface area contributed by atoms with Crippen LogP contribution in [-0.2, 0) is 22.7 Å². The van der Waals surface area contributed by atoms with Crippen molar-refractivity contribution in [1.82, 2.24) is 0 Å². The Labute approximate surface area is 326 Å². The Morgan fingerprint density at radius 2 is 0.982 bits per heavy atom. The highest BCUT2D eigenvalue weighted by Crippen LogP contribution is 2.41. The molecule has 0 aliphatic heterocycles. The maximum absolute atomic E-state index is 13.5. The molecule has 6 rings (SSSR count). The molecule has 0 radical (unpaired) electrons. The van der Waals surface area contributed by atoms with Crippen molar-refractivity contribution in [3.05, 3.63) is 118 Å². The Bertz CT molecular complexity index is 2150. The molecule has 0 fully saturated rings. The molecule has 2 N–H and O–H groups in total. The third kappa shape index (κ3) is 8.99. The molecule has 0 aliphatic carbocycles. The van der Waals surface area contributed by atoms with Gasteiger partial charge in [0.2, 0.25) is 0 Å². The van der Waals surface area contributed by atoms with E-state index in [0.717, 1.165) is 47.9 Å². The number of aryl methyl sites for hydroxylation is 2. The van der Waals surface area contributed by atoms with Crippen LogP contribution in [0.2, 0.25) is 0 Å². The van der Waals surface area contributed by atoms with Crippen LogP contribution in [0.1, 0.15) is 81.5 Å². The molecular formula is C46H48O10. The molecule has 6 aromatic rings. The van der Waals surface area contributed by atoms with Gasteiger partial charge in [-0.3, -0.25) is 0 Å². The lowest BCUT2D eigenvalue weighted by molar-refractivity contribution is 0.0491. The summed E-state index contributed by atoms with van der Waals surface area (Å²) in [6, 6.07) is 22.3. The second-order valence-corrected chi connectivity index (χ2v) is 13.7. The average molecular weight is 761 g/mol. The summed E-state index contributed by atoms with van der Waals surface area (Å²) in [6.45, 7) is 4.06. The van der Waals surface area contributed by atoms with Crippen molar-refractivity contribution in [3.8, 4) is 34.1 Å². The number of carbonyl (C=O) groups is 2. The predicted octanol–water partition coefficient (Wildman–Crippen LogP) is 10.0. The zero-order chi connectivity index (χ0) is 39.6. The Kier molecular flexibility index (Phi) is 13.3. The van der Waals surface area contributed by atoms with Crippen LogP contribution in [0.15, 0.2) is 93.8 Å². The first-order chi connectivity index (χ1) is 27.3. The lowest BCUT2D eigenvalue weighted by Gasteiger charge is -2.07. The zero-order valence-electron chi connectivity index (χ0n) is 32.3. The lowest BCUT2D eigenvalue weighted by Crippen LogP contribution is -2.07. The highest BCUT2D eigenvalue weighted by molar-refractivity contribution is 6.11. The first kappa shape index (κ1) is 39.8. The van der Waals surface area contributed by atoms with Gasteiger partial charge in [0.25, 0.3) is 0 Å². The molecule has 2 heterocycles. The third-order valence-corrected chi connectivity index (χ3v) is 9.63. The maximum atomic E-state index is 13.5. The lowest BCUT2D eigenvalue weighted by atomic mass is 10.0. The van der Waals surface area contributed by atoms with Crippen molar-refractivity contribution in [1.29, 1.82) is 0 Å². The predicted molar refractivity (Wildman–Crippen MR) is 215 cm³/mol. The van der Waals surface area contributed by atoms with Crippen molar-refractivity contribution in [3.63, 3.8) is 0 Å². The van der Waals surface area contributed by atoms with Crippen molar-refractivity contribution < 1.29 is 47.6 Å². The standard InChI is InChI=1S/C46H48O10/c1-29-13-17-33(18-14-29)41-39(35-23-31(27-47)25-37(51-3)43(35)55-41)45(49)53-21-11-9-7-5-6-8-10-12-22-54-46(50)40-36-24-32(28-48)26-38(52-4)44(36)56-42(40)34-19-15-30(2)16-20-34/h5-6,13-20,23-26,47-48H,7-12,21-22,27-28H2,1-4H3/b6-5-. The number of aliphatic hydroxyl groups is 2. The molecule has 0 bridgehead atoms. The summed E-state index contributed by atoms with van der Waals surface area (Å²) in [5.41, 5.74) is 6.31. The second-order valence-electron chi connectivity index (χ2n) is 13.7. The SMILES string of the molecule is COc1cc(CO)cc2c(C(=O)OCCCC/C=C\CCCCOC(=O)c3c(-c4ccc(C)cc4)oc4c(OC)cc(CO)cc34)c(-c3ccc(C)cc3)oc12. The van der Waals surface area contributed by atoms with Crippen molar-refractivity contribution >= 4 is 33.9 Å². The van der Waals surface area contributed by atoms with Gasteiger partial charge in [-0.2, -0.15) is 0 Å². The van der Waals surface area contributed by atoms with Crippen molar-refractivity contribution in [2.75, 3.05) is 27.4 Å². The molecule has 10 heteroatoms. The summed E-state index contributed by atoms with van der Waals surface area (Å²) in [5, 5.41) is 20.7. The number of allylic oxidation sites excluding steroid dienone is 2. The normalized spacial score (nSPS) is 11.5. The topological polar surface area (TPSA) is 138 Å². The molecule has 292 valence electrons. The van der Waals surface area contributed by atoms with E-state index in [4.69, 9.17) is 27.8 Å². The molecule has 0 unspecified atom stereocenters. The fraction of sp³-hybridized carbons (Fsp3) is 0.304. The Morgan fingerprint density at radius 3 is 1.34 bits per heavy atom. The summed E-state index contributed by atoms with van der Waals surface area (Å²) in [5.74, 6) is 0.679. The van der Waals surface area contributed by atoms with Gasteiger partial charge >= 0.3 is 11.9 Å². The number of furan rings is 2. The highest BCUT2D eigenvalue weighted by Gasteiger charge is 2.27. The average Bonchev–Trinajstić information content (AvgIpc) is 3.80. The van der Waals surface area contributed by atoms with Crippen LogP contribution < -0.4 is 9.47 Å². The number of hydrogen-bond donors (Lipinski definition) is 2. The van der Waals surface area contributed by atoms with Crippen LogP contribution >= 0.6 is 0 Å². The van der Waals surface area contributed by atoms with Gasteiger partial charge in [-0.05, 0) is 87.8 Å². The van der Waals surface area contributed by atoms with E-state index in [1.807, 2.05) is 62.4 Å². The Hall–Kier alpha value is -5.84. The number of fused-ring (bicyclic) bond motifs is 2. The van der Waals surface area contributed by atoms with Crippen LogP contribution in [0.4, 0.5) is 0 Å². The number of methoxy groups -OCH3 is 2. The van der Waals surface area contributed by atoms with Gasteiger partial charge in [0.15, 0.2) is 22.7 Å². The number of aliphatic hydroxyl groups excluding tert-OH is 2. The number of benzene rings is 4. The first-order valence-electron chi connectivity index (χ1n) is 18.9. The summed E-state index contributed by atoms with van der Waals surface area (Å²) in [7, 11) is 3.04. The summed E-state index contributed by atoms with van der Waals surface area (Å²) < 4.78 is 34.9.